The molecule has 0 radical (unpaired) electrons. The minimum Gasteiger partial charge on any atom is -0.496 e. The molecule has 2 aromatic carbocycles. The molecule has 1 heterocycles. The van der Waals surface area contributed by atoms with Crippen molar-refractivity contribution in [3.05, 3.63) is 71.0 Å². The van der Waals surface area contributed by atoms with E-state index < -0.39 is 0 Å². The molecule has 5 heteroatoms. The second-order valence-corrected chi connectivity index (χ2v) is 6.16. The highest BCUT2D eigenvalue weighted by atomic mass is 19.1. The van der Waals surface area contributed by atoms with E-state index in [1.165, 1.54) is 30.3 Å². The Kier molecular flexibility index (Phi) is 6.15. The zero-order valence-electron chi connectivity index (χ0n) is 14.8. The number of carbonyl (C=O) groups excluding carboxylic acids is 1. The summed E-state index contributed by atoms with van der Waals surface area (Å²) in [6, 6.07) is 11.4. The smallest absolute Gasteiger partial charge is 0.185 e. The molecule has 0 atom stereocenters. The SMILES string of the molecule is COc1ccc(/C=C/C(=O)c2ccc(F)cc2)cc1CN1CCOCC1. The predicted molar refractivity (Wildman–Crippen MR) is 98.9 cm³/mol. The second-order valence-electron chi connectivity index (χ2n) is 6.16. The zero-order valence-corrected chi connectivity index (χ0v) is 14.8. The van der Waals surface area contributed by atoms with Crippen molar-refractivity contribution in [1.82, 2.24) is 4.90 Å². The van der Waals surface area contributed by atoms with Gasteiger partial charge in [-0.2, -0.15) is 0 Å². The third kappa shape index (κ3) is 4.77. The van der Waals surface area contributed by atoms with Gasteiger partial charge in [0.25, 0.3) is 0 Å². The molecule has 0 N–H and O–H groups in total. The quantitative estimate of drug-likeness (QED) is 0.587. The molecular weight excluding hydrogens is 333 g/mol. The average Bonchev–Trinajstić information content (AvgIpc) is 2.67. The first kappa shape index (κ1) is 18.3. The number of morpholine rings is 1. The lowest BCUT2D eigenvalue weighted by molar-refractivity contribution is 0.0339. The van der Waals surface area contributed by atoms with Crippen LogP contribution in [0, 0.1) is 5.82 Å². The summed E-state index contributed by atoms with van der Waals surface area (Å²) in [4.78, 5) is 14.5. The Labute approximate surface area is 152 Å². The van der Waals surface area contributed by atoms with Gasteiger partial charge in [-0.15, -0.1) is 0 Å². The van der Waals surface area contributed by atoms with E-state index >= 15 is 0 Å². The van der Waals surface area contributed by atoms with E-state index in [1.54, 1.807) is 13.2 Å². The Morgan fingerprint density at radius 3 is 2.62 bits per heavy atom. The summed E-state index contributed by atoms with van der Waals surface area (Å²) in [5.74, 6) is 0.322. The minimum atomic E-state index is -0.353. The zero-order chi connectivity index (χ0) is 18.4. The van der Waals surface area contributed by atoms with E-state index in [0.717, 1.165) is 49.7 Å². The molecule has 3 rings (SSSR count). The number of ether oxygens (including phenoxy) is 2. The normalized spacial score (nSPS) is 15.3. The Morgan fingerprint density at radius 2 is 1.92 bits per heavy atom. The van der Waals surface area contributed by atoms with Crippen molar-refractivity contribution in [3.63, 3.8) is 0 Å². The number of halogens is 1. The number of hydrogen-bond donors (Lipinski definition) is 0. The van der Waals surface area contributed by atoms with Gasteiger partial charge < -0.3 is 9.47 Å². The van der Waals surface area contributed by atoms with Crippen molar-refractivity contribution >= 4 is 11.9 Å². The fourth-order valence-corrected chi connectivity index (χ4v) is 2.91. The van der Waals surface area contributed by atoms with Crippen LogP contribution < -0.4 is 4.74 Å². The highest BCUT2D eigenvalue weighted by Gasteiger charge is 2.13. The Morgan fingerprint density at radius 1 is 1.19 bits per heavy atom. The number of allylic oxidation sites excluding steroid dienone is 1. The maximum Gasteiger partial charge on any atom is 0.185 e. The Hall–Kier alpha value is -2.50. The van der Waals surface area contributed by atoms with Gasteiger partial charge in [-0.1, -0.05) is 12.1 Å². The van der Waals surface area contributed by atoms with E-state index in [9.17, 15) is 9.18 Å². The molecule has 0 aromatic heterocycles. The molecule has 136 valence electrons. The lowest BCUT2D eigenvalue weighted by Gasteiger charge is -2.27. The fourth-order valence-electron chi connectivity index (χ4n) is 2.91. The van der Waals surface area contributed by atoms with Crippen LogP contribution in [0.15, 0.2) is 48.5 Å². The summed E-state index contributed by atoms with van der Waals surface area (Å²) < 4.78 is 23.8. The van der Waals surface area contributed by atoms with Gasteiger partial charge in [0.1, 0.15) is 11.6 Å². The van der Waals surface area contributed by atoms with Crippen molar-refractivity contribution in [1.29, 1.82) is 0 Å². The number of methoxy groups -OCH3 is 1. The standard InChI is InChI=1S/C21H22FNO3/c1-25-21-9-3-16(14-18(21)15-23-10-12-26-13-11-23)2-8-20(24)17-4-6-19(22)7-5-17/h2-9,14H,10-13,15H2,1H3/b8-2+. The van der Waals surface area contributed by atoms with Gasteiger partial charge in [0.2, 0.25) is 0 Å². The molecule has 4 nitrogen and oxygen atoms in total. The molecule has 26 heavy (non-hydrogen) atoms. The number of benzene rings is 2. The molecule has 0 aliphatic carbocycles. The molecule has 0 saturated carbocycles. The molecule has 0 spiro atoms. The van der Waals surface area contributed by atoms with Crippen molar-refractivity contribution in [2.24, 2.45) is 0 Å². The lowest BCUT2D eigenvalue weighted by atomic mass is 10.1. The van der Waals surface area contributed by atoms with Crippen LogP contribution in [0.3, 0.4) is 0 Å². The highest BCUT2D eigenvalue weighted by Crippen LogP contribution is 2.23. The van der Waals surface area contributed by atoms with E-state index in [0.29, 0.717) is 5.56 Å². The summed E-state index contributed by atoms with van der Waals surface area (Å²) in [6.07, 6.45) is 3.28. The van der Waals surface area contributed by atoms with E-state index in [-0.39, 0.29) is 11.6 Å². The minimum absolute atomic E-state index is 0.157. The molecule has 2 aromatic rings. The maximum atomic E-state index is 13.0. The first-order valence-electron chi connectivity index (χ1n) is 8.61. The van der Waals surface area contributed by atoms with E-state index in [2.05, 4.69) is 4.90 Å². The fraction of sp³-hybridized carbons (Fsp3) is 0.286. The third-order valence-corrected chi connectivity index (χ3v) is 4.36. The van der Waals surface area contributed by atoms with Gasteiger partial charge in [0.15, 0.2) is 5.78 Å². The molecule has 1 saturated heterocycles. The summed E-state index contributed by atoms with van der Waals surface area (Å²) in [6.45, 7) is 4.06. The molecule has 1 aliphatic rings. The van der Waals surface area contributed by atoms with Crippen LogP contribution in [-0.4, -0.2) is 44.1 Å². The Bertz CT molecular complexity index is 780. The van der Waals surface area contributed by atoms with Crippen LogP contribution >= 0.6 is 0 Å². The third-order valence-electron chi connectivity index (χ3n) is 4.36. The monoisotopic (exact) mass is 355 g/mol. The molecule has 1 fully saturated rings. The molecular formula is C21H22FNO3. The van der Waals surface area contributed by atoms with Gasteiger partial charge in [0, 0.05) is 30.8 Å². The largest absolute Gasteiger partial charge is 0.496 e. The van der Waals surface area contributed by atoms with Crippen LogP contribution in [0.1, 0.15) is 21.5 Å². The van der Waals surface area contributed by atoms with E-state index in [1.807, 2.05) is 18.2 Å². The summed E-state index contributed by atoms with van der Waals surface area (Å²) in [5.41, 5.74) is 2.46. The van der Waals surface area contributed by atoms with Gasteiger partial charge >= 0.3 is 0 Å². The van der Waals surface area contributed by atoms with Crippen molar-refractivity contribution < 1.29 is 18.7 Å². The van der Waals surface area contributed by atoms with Crippen LogP contribution in [0.2, 0.25) is 0 Å². The first-order valence-corrected chi connectivity index (χ1v) is 8.61. The number of carbonyl (C=O) groups is 1. The summed E-state index contributed by atoms with van der Waals surface area (Å²) in [7, 11) is 1.66. The van der Waals surface area contributed by atoms with Crippen LogP contribution in [-0.2, 0) is 11.3 Å². The number of hydrogen-bond acceptors (Lipinski definition) is 4. The first-order chi connectivity index (χ1) is 12.7. The van der Waals surface area contributed by atoms with Crippen LogP contribution in [0.25, 0.3) is 6.08 Å². The summed E-state index contributed by atoms with van der Waals surface area (Å²) >= 11 is 0. The van der Waals surface area contributed by atoms with E-state index in [4.69, 9.17) is 9.47 Å². The van der Waals surface area contributed by atoms with Crippen LogP contribution in [0.4, 0.5) is 4.39 Å². The predicted octanol–water partition coefficient (Wildman–Crippen LogP) is 3.56. The van der Waals surface area contributed by atoms with Gasteiger partial charge in [-0.05, 0) is 48.0 Å². The molecule has 1 aliphatic heterocycles. The van der Waals surface area contributed by atoms with Gasteiger partial charge in [-0.3, -0.25) is 9.69 Å². The lowest BCUT2D eigenvalue weighted by Crippen LogP contribution is -2.35. The van der Waals surface area contributed by atoms with Crippen molar-refractivity contribution in [3.8, 4) is 5.75 Å². The second kappa shape index (κ2) is 8.74. The maximum absolute atomic E-state index is 13.0. The van der Waals surface area contributed by atoms with Crippen molar-refractivity contribution in [2.75, 3.05) is 33.4 Å². The Balaban J connectivity index is 1.73. The topological polar surface area (TPSA) is 38.8 Å². The number of rotatable bonds is 6. The average molecular weight is 355 g/mol. The summed E-state index contributed by atoms with van der Waals surface area (Å²) in [5, 5.41) is 0. The number of ketones is 1. The number of nitrogens with zero attached hydrogens (tertiary/aromatic N) is 1. The van der Waals surface area contributed by atoms with Gasteiger partial charge in [-0.25, -0.2) is 4.39 Å². The van der Waals surface area contributed by atoms with Gasteiger partial charge in [0.05, 0.1) is 20.3 Å². The molecule has 0 amide bonds. The molecule has 0 unspecified atom stereocenters. The molecule has 0 bridgehead atoms. The highest BCUT2D eigenvalue weighted by molar-refractivity contribution is 6.06. The van der Waals surface area contributed by atoms with Crippen LogP contribution in [0.5, 0.6) is 5.75 Å². The van der Waals surface area contributed by atoms with Crippen molar-refractivity contribution in [2.45, 2.75) is 6.54 Å².